The molecule has 0 amide bonds. The van der Waals surface area contributed by atoms with Crippen molar-refractivity contribution >= 4 is 40.5 Å². The summed E-state index contributed by atoms with van der Waals surface area (Å²) in [7, 11) is 0. The summed E-state index contributed by atoms with van der Waals surface area (Å²) in [6, 6.07) is 23.0. The van der Waals surface area contributed by atoms with E-state index in [2.05, 4.69) is 20.8 Å². The normalized spacial score (nSPS) is 15.9. The number of ether oxygens (including phenoxy) is 1. The first-order chi connectivity index (χ1) is 16.2. The van der Waals surface area contributed by atoms with E-state index < -0.39 is 5.54 Å². The molecular weight excluding hydrogens is 469 g/mol. The Hall–Kier alpha value is -3.02. The smallest absolute Gasteiger partial charge is 0.196 e. The number of Topliss-reactive ketones (excluding diaryl/α,β-unsaturated/α-hetero) is 1. The lowest BCUT2D eigenvalue weighted by molar-refractivity contribution is -0.112. The van der Waals surface area contributed by atoms with E-state index >= 15 is 0 Å². The Kier molecular flexibility index (Phi) is 6.87. The number of amidine groups is 1. The van der Waals surface area contributed by atoms with Crippen molar-refractivity contribution in [3.05, 3.63) is 94.0 Å². The van der Waals surface area contributed by atoms with Crippen LogP contribution in [0.5, 0.6) is 5.75 Å². The van der Waals surface area contributed by atoms with E-state index in [0.717, 1.165) is 16.8 Å². The lowest BCUT2D eigenvalue weighted by Gasteiger charge is -2.41. The van der Waals surface area contributed by atoms with Crippen molar-refractivity contribution in [1.82, 2.24) is 4.90 Å². The Bertz CT molecular complexity index is 1200. The Morgan fingerprint density at radius 2 is 1.56 bits per heavy atom. The van der Waals surface area contributed by atoms with Crippen molar-refractivity contribution in [2.24, 2.45) is 5.10 Å². The molecule has 3 aromatic rings. The Labute approximate surface area is 210 Å². The highest BCUT2D eigenvalue weighted by Gasteiger charge is 2.44. The van der Waals surface area contributed by atoms with Crippen LogP contribution in [0.3, 0.4) is 0 Å². The van der Waals surface area contributed by atoms with Gasteiger partial charge in [-0.1, -0.05) is 65.7 Å². The summed E-state index contributed by atoms with van der Waals surface area (Å²) in [5.74, 6) is 0.976. The molecule has 1 aliphatic heterocycles. The zero-order valence-electron chi connectivity index (χ0n) is 19.6. The number of halogens is 2. The number of carbonyl (C=O) groups is 1. The maximum Gasteiger partial charge on any atom is 0.196 e. The summed E-state index contributed by atoms with van der Waals surface area (Å²) in [6.07, 6.45) is -0.390. The molecule has 0 radical (unpaired) electrons. The molecule has 34 heavy (non-hydrogen) atoms. The van der Waals surface area contributed by atoms with Crippen LogP contribution < -0.4 is 9.75 Å². The molecule has 7 heteroatoms. The van der Waals surface area contributed by atoms with Gasteiger partial charge in [0.2, 0.25) is 0 Å². The second-order valence-electron chi connectivity index (χ2n) is 9.10. The van der Waals surface area contributed by atoms with Gasteiger partial charge in [0.05, 0.1) is 5.69 Å². The largest absolute Gasteiger partial charge is 0.488 e. The molecular formula is C27H27Cl2N3O2. The third-order valence-corrected chi connectivity index (χ3v) is 6.30. The molecule has 0 aliphatic carbocycles. The van der Waals surface area contributed by atoms with Gasteiger partial charge in [0.1, 0.15) is 12.4 Å². The van der Waals surface area contributed by atoms with E-state index in [0.29, 0.717) is 21.6 Å². The summed E-state index contributed by atoms with van der Waals surface area (Å²) in [5.41, 5.74) is 2.09. The zero-order valence-corrected chi connectivity index (χ0v) is 21.1. The maximum absolute atomic E-state index is 12.7. The van der Waals surface area contributed by atoms with Gasteiger partial charge in [-0.15, -0.1) is 5.10 Å². The monoisotopic (exact) mass is 495 g/mol. The molecule has 0 saturated carbocycles. The molecule has 1 unspecified atom stereocenters. The fraction of sp³-hybridized carbons (Fsp3) is 0.259. The van der Waals surface area contributed by atoms with Gasteiger partial charge in [-0.05, 0) is 51.1 Å². The number of carbonyl (C=O) groups excluding carboxylic acids is 1. The van der Waals surface area contributed by atoms with Gasteiger partial charge in [-0.3, -0.25) is 4.79 Å². The molecule has 176 valence electrons. The number of nitrogens with zero attached hydrogens (tertiary/aromatic N) is 3. The Morgan fingerprint density at radius 1 is 0.941 bits per heavy atom. The number of ketones is 1. The molecule has 0 N–H and O–H groups in total. The molecule has 0 spiro atoms. The van der Waals surface area contributed by atoms with E-state index in [9.17, 15) is 4.79 Å². The fourth-order valence-corrected chi connectivity index (χ4v) is 4.56. The van der Waals surface area contributed by atoms with Crippen molar-refractivity contribution in [1.29, 1.82) is 0 Å². The van der Waals surface area contributed by atoms with E-state index in [1.807, 2.05) is 64.5 Å². The molecule has 0 saturated heterocycles. The first kappa shape index (κ1) is 24.1. The molecule has 1 heterocycles. The highest BCUT2D eigenvalue weighted by Crippen LogP contribution is 2.43. The second-order valence-corrected chi connectivity index (χ2v) is 9.92. The van der Waals surface area contributed by atoms with E-state index in [-0.39, 0.29) is 18.6 Å². The molecule has 0 bridgehead atoms. The fourth-order valence-electron chi connectivity index (χ4n) is 4.05. The van der Waals surface area contributed by atoms with Crippen LogP contribution in [0.1, 0.15) is 45.0 Å². The number of hydrazone groups is 1. The number of hydrogen-bond donors (Lipinski definition) is 0. The van der Waals surface area contributed by atoms with Crippen molar-refractivity contribution in [3.63, 3.8) is 0 Å². The number of rotatable bonds is 6. The molecule has 1 aliphatic rings. The molecule has 0 fully saturated rings. The van der Waals surface area contributed by atoms with Crippen LogP contribution in [-0.2, 0) is 11.4 Å². The van der Waals surface area contributed by atoms with E-state index in [4.69, 9.17) is 33.0 Å². The van der Waals surface area contributed by atoms with Crippen LogP contribution in [0.4, 0.5) is 5.69 Å². The maximum atomic E-state index is 12.7. The highest BCUT2D eigenvalue weighted by molar-refractivity contribution is 6.38. The predicted molar refractivity (Wildman–Crippen MR) is 139 cm³/mol. The molecule has 3 aromatic carbocycles. The third kappa shape index (κ3) is 4.77. The Morgan fingerprint density at radius 3 is 2.18 bits per heavy atom. The van der Waals surface area contributed by atoms with Crippen LogP contribution in [-0.4, -0.2) is 22.1 Å². The van der Waals surface area contributed by atoms with Gasteiger partial charge >= 0.3 is 0 Å². The van der Waals surface area contributed by atoms with Crippen molar-refractivity contribution in [2.75, 3.05) is 5.01 Å². The van der Waals surface area contributed by atoms with Crippen LogP contribution >= 0.6 is 23.2 Å². The lowest BCUT2D eigenvalue weighted by atomic mass is 10.0. The number of para-hydroxylation sites is 2. The van der Waals surface area contributed by atoms with Gasteiger partial charge in [-0.25, -0.2) is 5.01 Å². The molecule has 5 nitrogen and oxygen atoms in total. The summed E-state index contributed by atoms with van der Waals surface area (Å²) < 4.78 is 6.28. The van der Waals surface area contributed by atoms with E-state index in [1.165, 1.54) is 0 Å². The highest BCUT2D eigenvalue weighted by atomic mass is 35.5. The lowest BCUT2D eigenvalue weighted by Crippen LogP contribution is -2.49. The van der Waals surface area contributed by atoms with Gasteiger partial charge in [0.25, 0.3) is 0 Å². The SMILES string of the molecule is CC(=O)C1=NN(c2ccccc2)C(c2ccccc2OCc2c(Cl)cccc2Cl)N1C(C)(C)C. The molecule has 0 aromatic heterocycles. The number of benzene rings is 3. The first-order valence-corrected chi connectivity index (χ1v) is 11.8. The van der Waals surface area contributed by atoms with Crippen LogP contribution in [0.15, 0.2) is 77.9 Å². The van der Waals surface area contributed by atoms with Crippen molar-refractivity contribution in [2.45, 2.75) is 46.0 Å². The quantitative estimate of drug-likeness (QED) is 0.365. The second kappa shape index (κ2) is 9.69. The van der Waals surface area contributed by atoms with Crippen LogP contribution in [0.25, 0.3) is 0 Å². The average Bonchev–Trinajstić information content (AvgIpc) is 3.21. The van der Waals surface area contributed by atoms with Crippen molar-refractivity contribution < 1.29 is 9.53 Å². The number of hydrogen-bond acceptors (Lipinski definition) is 5. The van der Waals surface area contributed by atoms with Crippen LogP contribution in [0, 0.1) is 0 Å². The summed E-state index contributed by atoms with van der Waals surface area (Å²) in [6.45, 7) is 7.97. The van der Waals surface area contributed by atoms with E-state index in [1.54, 1.807) is 25.1 Å². The standard InChI is InChI=1S/C27H27Cl2N3O2/c1-18(33)25-30-32(19-11-6-5-7-12-19)26(31(25)27(2,3)4)20-13-8-9-16-24(20)34-17-21-22(28)14-10-15-23(21)29/h5-16,26H,17H2,1-4H3. The van der Waals surface area contributed by atoms with Gasteiger partial charge in [-0.2, -0.15) is 0 Å². The first-order valence-electron chi connectivity index (χ1n) is 11.1. The average molecular weight is 496 g/mol. The topological polar surface area (TPSA) is 45.1 Å². The number of anilines is 1. The zero-order chi connectivity index (χ0) is 24.5. The van der Waals surface area contributed by atoms with Crippen LogP contribution in [0.2, 0.25) is 10.0 Å². The van der Waals surface area contributed by atoms with Gasteiger partial charge in [0.15, 0.2) is 17.8 Å². The summed E-state index contributed by atoms with van der Waals surface area (Å²) in [5, 5.41) is 7.76. The third-order valence-electron chi connectivity index (χ3n) is 5.60. The molecule has 1 atom stereocenters. The molecule has 4 rings (SSSR count). The van der Waals surface area contributed by atoms with Crippen molar-refractivity contribution in [3.8, 4) is 5.75 Å². The minimum atomic E-state index is -0.391. The minimum absolute atomic E-state index is 0.0976. The minimum Gasteiger partial charge on any atom is -0.488 e. The Balaban J connectivity index is 1.80. The van der Waals surface area contributed by atoms with Gasteiger partial charge in [0, 0.05) is 33.6 Å². The predicted octanol–water partition coefficient (Wildman–Crippen LogP) is 7.09. The summed E-state index contributed by atoms with van der Waals surface area (Å²) in [4.78, 5) is 14.7. The van der Waals surface area contributed by atoms with Gasteiger partial charge < -0.3 is 9.64 Å². The summed E-state index contributed by atoms with van der Waals surface area (Å²) >= 11 is 12.7.